The van der Waals surface area contributed by atoms with Crippen LogP contribution in [0.5, 0.6) is 0 Å². The monoisotopic (exact) mass is 366 g/mol. The van der Waals surface area contributed by atoms with Crippen LogP contribution in [0.4, 0.5) is 0 Å². The molecule has 134 valence electrons. The fourth-order valence-electron chi connectivity index (χ4n) is 3.01. The number of aryl methyl sites for hydroxylation is 1. The van der Waals surface area contributed by atoms with Crippen LogP contribution in [0.3, 0.4) is 0 Å². The number of fused-ring (bicyclic) bond motifs is 1. The molecule has 1 atom stereocenters. The number of nitrogens with zero attached hydrogens (tertiary/aromatic N) is 2. The molecule has 2 N–H and O–H groups in total. The second-order valence-electron chi connectivity index (χ2n) is 5.80. The Morgan fingerprint density at radius 3 is 3.00 bits per heavy atom. The van der Waals surface area contributed by atoms with Gasteiger partial charge in [0.2, 0.25) is 11.8 Å². The van der Waals surface area contributed by atoms with Crippen molar-refractivity contribution < 1.29 is 14.0 Å². The molecule has 1 aromatic carbocycles. The molecule has 25 heavy (non-hydrogen) atoms. The molecule has 2 heterocycles. The standard InChI is InChI=1S/C16H19ClN4O4/c1-18-15(23)12-9-19-5-7-20(12)14(22)4-6-21-11-3-2-10(17)8-13(11)25-16(21)24/h2-3,8,12,19H,4-7,9H2,1H3,(H,18,23)/t12-/m1/s1. The molecule has 0 aliphatic carbocycles. The maximum atomic E-state index is 12.6. The van der Waals surface area contributed by atoms with E-state index in [4.69, 9.17) is 16.0 Å². The summed E-state index contributed by atoms with van der Waals surface area (Å²) in [5.74, 6) is -0.917. The number of aromatic nitrogens is 1. The van der Waals surface area contributed by atoms with E-state index in [1.165, 1.54) is 4.57 Å². The molecule has 1 fully saturated rings. The molecule has 1 aliphatic rings. The summed E-state index contributed by atoms with van der Waals surface area (Å²) in [6.45, 7) is 1.68. The molecule has 3 rings (SSSR count). The highest BCUT2D eigenvalue weighted by atomic mass is 35.5. The third-order valence-electron chi connectivity index (χ3n) is 4.29. The Bertz CT molecular complexity index is 859. The van der Waals surface area contributed by atoms with Crippen molar-refractivity contribution in [2.24, 2.45) is 0 Å². The van der Waals surface area contributed by atoms with Crippen molar-refractivity contribution in [2.75, 3.05) is 26.7 Å². The van der Waals surface area contributed by atoms with Crippen molar-refractivity contribution in [3.8, 4) is 0 Å². The summed E-state index contributed by atoms with van der Waals surface area (Å²) < 4.78 is 6.56. The molecule has 2 amide bonds. The van der Waals surface area contributed by atoms with Gasteiger partial charge in [0, 0.05) is 50.7 Å². The van der Waals surface area contributed by atoms with Gasteiger partial charge in [0.05, 0.1) is 5.52 Å². The largest absolute Gasteiger partial charge is 0.419 e. The van der Waals surface area contributed by atoms with Crippen molar-refractivity contribution >= 4 is 34.5 Å². The Hall–Kier alpha value is -2.32. The van der Waals surface area contributed by atoms with Crippen LogP contribution in [0.2, 0.25) is 5.02 Å². The van der Waals surface area contributed by atoms with Crippen LogP contribution in [0.1, 0.15) is 6.42 Å². The average molecular weight is 367 g/mol. The quantitative estimate of drug-likeness (QED) is 0.805. The molecule has 0 saturated carbocycles. The Morgan fingerprint density at radius 1 is 1.44 bits per heavy atom. The first-order valence-corrected chi connectivity index (χ1v) is 8.39. The third-order valence-corrected chi connectivity index (χ3v) is 4.53. The molecule has 2 aromatic rings. The number of benzene rings is 1. The van der Waals surface area contributed by atoms with E-state index in [0.717, 1.165) is 0 Å². The summed E-state index contributed by atoms with van der Waals surface area (Å²) >= 11 is 5.89. The Balaban J connectivity index is 1.75. The van der Waals surface area contributed by atoms with E-state index in [-0.39, 0.29) is 24.8 Å². The summed E-state index contributed by atoms with van der Waals surface area (Å²) in [7, 11) is 1.54. The highest BCUT2D eigenvalue weighted by Crippen LogP contribution is 2.18. The van der Waals surface area contributed by atoms with Gasteiger partial charge in [-0.1, -0.05) is 11.6 Å². The number of nitrogens with one attached hydrogen (secondary N) is 2. The third kappa shape index (κ3) is 3.54. The molecular weight excluding hydrogens is 348 g/mol. The molecule has 0 spiro atoms. The van der Waals surface area contributed by atoms with Crippen LogP contribution in [-0.4, -0.2) is 54.0 Å². The van der Waals surface area contributed by atoms with Gasteiger partial charge in [-0.2, -0.15) is 0 Å². The Morgan fingerprint density at radius 2 is 2.24 bits per heavy atom. The predicted octanol–water partition coefficient (Wildman–Crippen LogP) is 0.184. The highest BCUT2D eigenvalue weighted by Gasteiger charge is 2.31. The zero-order valence-electron chi connectivity index (χ0n) is 13.8. The van der Waals surface area contributed by atoms with E-state index in [2.05, 4.69) is 10.6 Å². The van der Waals surface area contributed by atoms with Crippen LogP contribution in [0, 0.1) is 0 Å². The molecule has 8 nitrogen and oxygen atoms in total. The first-order chi connectivity index (χ1) is 12.0. The van der Waals surface area contributed by atoms with Crippen molar-refractivity contribution in [3.05, 3.63) is 33.8 Å². The molecule has 9 heteroatoms. The number of likely N-dealkylation sites (N-methyl/N-ethyl adjacent to an activating group) is 1. The van der Waals surface area contributed by atoms with E-state index >= 15 is 0 Å². The lowest BCUT2D eigenvalue weighted by Crippen LogP contribution is -2.59. The molecular formula is C16H19ClN4O4. The zero-order valence-corrected chi connectivity index (χ0v) is 14.5. The van der Waals surface area contributed by atoms with E-state index in [0.29, 0.717) is 35.8 Å². The van der Waals surface area contributed by atoms with Crippen LogP contribution >= 0.6 is 11.6 Å². The van der Waals surface area contributed by atoms with Gasteiger partial charge in [-0.15, -0.1) is 0 Å². The van der Waals surface area contributed by atoms with Crippen LogP contribution in [-0.2, 0) is 16.1 Å². The second-order valence-corrected chi connectivity index (χ2v) is 6.24. The van der Waals surface area contributed by atoms with Crippen molar-refractivity contribution in [1.29, 1.82) is 0 Å². The van der Waals surface area contributed by atoms with Crippen molar-refractivity contribution in [2.45, 2.75) is 19.0 Å². The number of oxazole rings is 1. The Kier molecular flexibility index (Phi) is 5.10. The first-order valence-electron chi connectivity index (χ1n) is 8.02. The molecule has 1 aliphatic heterocycles. The smallest absolute Gasteiger partial charge is 0.408 e. The summed E-state index contributed by atoms with van der Waals surface area (Å²) in [6, 6.07) is 4.37. The molecule has 0 radical (unpaired) electrons. The minimum atomic E-state index is -0.539. The SMILES string of the molecule is CNC(=O)[C@H]1CNCCN1C(=O)CCn1c(=O)oc2cc(Cl)ccc21. The normalized spacial score (nSPS) is 17.7. The fourth-order valence-corrected chi connectivity index (χ4v) is 3.17. The van der Waals surface area contributed by atoms with Crippen LogP contribution in [0.15, 0.2) is 27.4 Å². The number of carbonyl (C=O) groups is 2. The van der Waals surface area contributed by atoms with E-state index < -0.39 is 11.8 Å². The van der Waals surface area contributed by atoms with Crippen LogP contribution < -0.4 is 16.4 Å². The lowest BCUT2D eigenvalue weighted by atomic mass is 10.1. The number of amides is 2. The minimum Gasteiger partial charge on any atom is -0.408 e. The fraction of sp³-hybridized carbons (Fsp3) is 0.438. The van der Waals surface area contributed by atoms with Gasteiger partial charge in [-0.25, -0.2) is 4.79 Å². The predicted molar refractivity (Wildman–Crippen MR) is 92.5 cm³/mol. The minimum absolute atomic E-state index is 0.102. The van der Waals surface area contributed by atoms with Gasteiger partial charge >= 0.3 is 5.76 Å². The van der Waals surface area contributed by atoms with E-state index in [1.807, 2.05) is 0 Å². The molecule has 0 unspecified atom stereocenters. The van der Waals surface area contributed by atoms with Gasteiger partial charge < -0.3 is 20.0 Å². The van der Waals surface area contributed by atoms with E-state index in [1.54, 1.807) is 30.1 Å². The summed E-state index contributed by atoms with van der Waals surface area (Å²) in [5, 5.41) is 6.15. The van der Waals surface area contributed by atoms with Gasteiger partial charge in [0.15, 0.2) is 5.58 Å². The maximum Gasteiger partial charge on any atom is 0.419 e. The van der Waals surface area contributed by atoms with Gasteiger partial charge in [0.25, 0.3) is 0 Å². The topological polar surface area (TPSA) is 96.6 Å². The highest BCUT2D eigenvalue weighted by molar-refractivity contribution is 6.31. The lowest BCUT2D eigenvalue weighted by molar-refractivity contribution is -0.141. The Labute approximate surface area is 148 Å². The second kappa shape index (κ2) is 7.28. The van der Waals surface area contributed by atoms with Crippen molar-refractivity contribution in [1.82, 2.24) is 20.1 Å². The maximum absolute atomic E-state index is 12.6. The number of piperazine rings is 1. The summed E-state index contributed by atoms with van der Waals surface area (Å²) in [6.07, 6.45) is 0.102. The molecule has 1 aromatic heterocycles. The number of rotatable bonds is 4. The van der Waals surface area contributed by atoms with Crippen LogP contribution in [0.25, 0.3) is 11.1 Å². The van der Waals surface area contributed by atoms with Gasteiger partial charge in [-0.3, -0.25) is 14.2 Å². The summed E-state index contributed by atoms with van der Waals surface area (Å²) in [4.78, 5) is 38.1. The number of hydrogen-bond donors (Lipinski definition) is 2. The first kappa shape index (κ1) is 17.5. The number of halogens is 1. The molecule has 1 saturated heterocycles. The van der Waals surface area contributed by atoms with Gasteiger partial charge in [-0.05, 0) is 12.1 Å². The number of hydrogen-bond acceptors (Lipinski definition) is 5. The number of carbonyl (C=O) groups excluding carboxylic acids is 2. The van der Waals surface area contributed by atoms with E-state index in [9.17, 15) is 14.4 Å². The zero-order chi connectivity index (χ0) is 18.0. The molecule has 0 bridgehead atoms. The summed E-state index contributed by atoms with van der Waals surface area (Å²) in [5.41, 5.74) is 0.973. The average Bonchev–Trinajstić information content (AvgIpc) is 2.93. The lowest BCUT2D eigenvalue weighted by Gasteiger charge is -2.35. The van der Waals surface area contributed by atoms with Crippen molar-refractivity contribution in [3.63, 3.8) is 0 Å². The van der Waals surface area contributed by atoms with Gasteiger partial charge in [0.1, 0.15) is 6.04 Å².